The highest BCUT2D eigenvalue weighted by Crippen LogP contribution is 2.05. The molecule has 0 aliphatic carbocycles. The molecule has 1 N–H and O–H groups in total. The molecule has 0 rings (SSSR count). The topological polar surface area (TPSA) is 67.2 Å². The molecule has 0 aromatic rings. The van der Waals surface area contributed by atoms with E-state index >= 15 is 0 Å². The smallest absolute Gasteiger partial charge is 0.333 e. The van der Waals surface area contributed by atoms with Crippen molar-refractivity contribution in [1.29, 1.82) is 5.41 Å². The Morgan fingerprint density at radius 1 is 1.24 bits per heavy atom. The van der Waals surface area contributed by atoms with Crippen LogP contribution in [0.1, 0.15) is 52.4 Å². The summed E-state index contributed by atoms with van der Waals surface area (Å²) in [6.07, 6.45) is 8.01. The second kappa shape index (κ2) is 14.6. The fraction of sp³-hybridized carbons (Fsp3) is 0.692. The summed E-state index contributed by atoms with van der Waals surface area (Å²) < 4.78 is 4.97. The Morgan fingerprint density at radius 2 is 1.71 bits per heavy atom. The molecule has 0 aromatic carbocycles. The molecule has 0 aromatic heterocycles. The predicted octanol–water partition coefficient (Wildman–Crippen LogP) is 3.37. The van der Waals surface area contributed by atoms with Gasteiger partial charge in [0.15, 0.2) is 0 Å². The lowest BCUT2D eigenvalue weighted by molar-refractivity contribution is -0.139. The van der Waals surface area contributed by atoms with Gasteiger partial charge in [0, 0.05) is 5.57 Å². The van der Waals surface area contributed by atoms with Gasteiger partial charge in [-0.15, -0.1) is 0 Å². The van der Waals surface area contributed by atoms with E-state index in [0.29, 0.717) is 12.2 Å². The number of hydrogen-bond acceptors (Lipinski definition) is 4. The van der Waals surface area contributed by atoms with Crippen LogP contribution in [0, 0.1) is 5.41 Å². The first-order valence-corrected chi connectivity index (χ1v) is 5.96. The van der Waals surface area contributed by atoms with E-state index in [2.05, 4.69) is 13.5 Å². The predicted molar refractivity (Wildman–Crippen MR) is 67.6 cm³/mol. The lowest BCUT2D eigenvalue weighted by atomic mass is 10.1. The van der Waals surface area contributed by atoms with E-state index in [1.807, 2.05) is 0 Å². The average Bonchev–Trinajstić information content (AvgIpc) is 2.28. The van der Waals surface area contributed by atoms with Gasteiger partial charge < -0.3 is 4.74 Å². The van der Waals surface area contributed by atoms with Crippen LogP contribution in [0.3, 0.4) is 0 Å². The van der Waals surface area contributed by atoms with E-state index in [1.165, 1.54) is 25.7 Å². The standard InChI is InChI=1S/C12H22O2.CHNO/c1-4-5-6-7-8-9-10-14-12(13)11(2)3;2-1-3/h2,4-10H2,1,3H3;2H. The third kappa shape index (κ3) is 17.2. The summed E-state index contributed by atoms with van der Waals surface area (Å²) >= 11 is 0. The molecule has 0 atom stereocenters. The van der Waals surface area contributed by atoms with Crippen molar-refractivity contribution in [2.45, 2.75) is 52.4 Å². The number of hydrogen-bond donors (Lipinski definition) is 1. The molecule has 4 nitrogen and oxygen atoms in total. The molecule has 0 spiro atoms. The third-order valence-corrected chi connectivity index (χ3v) is 2.08. The molecular weight excluding hydrogens is 218 g/mol. The van der Waals surface area contributed by atoms with Crippen LogP contribution in [0.2, 0.25) is 0 Å². The molecule has 4 heteroatoms. The number of carbonyl (C=O) groups excluding carboxylic acids is 2. The average molecular weight is 241 g/mol. The van der Waals surface area contributed by atoms with Crippen molar-refractivity contribution in [1.82, 2.24) is 0 Å². The lowest BCUT2D eigenvalue weighted by Crippen LogP contribution is -2.05. The molecule has 0 saturated carbocycles. The zero-order valence-electron chi connectivity index (χ0n) is 10.9. The fourth-order valence-electron chi connectivity index (χ4n) is 1.17. The molecule has 0 fully saturated rings. The second-order valence-electron chi connectivity index (χ2n) is 3.79. The van der Waals surface area contributed by atoms with Crippen molar-refractivity contribution in [2.24, 2.45) is 0 Å². The maximum absolute atomic E-state index is 11.0. The van der Waals surface area contributed by atoms with Gasteiger partial charge in [-0.2, -0.15) is 0 Å². The Morgan fingerprint density at radius 3 is 2.18 bits per heavy atom. The summed E-state index contributed by atoms with van der Waals surface area (Å²) in [5.74, 6) is -0.265. The Balaban J connectivity index is 0. The molecule has 0 amide bonds. The zero-order chi connectivity index (χ0) is 13.5. The molecule has 98 valence electrons. The van der Waals surface area contributed by atoms with E-state index in [9.17, 15) is 4.79 Å². The van der Waals surface area contributed by atoms with Gasteiger partial charge in [-0.25, -0.2) is 15.0 Å². The minimum Gasteiger partial charge on any atom is -0.462 e. The largest absolute Gasteiger partial charge is 0.462 e. The first kappa shape index (κ1) is 18.0. The second-order valence-corrected chi connectivity index (χ2v) is 3.79. The van der Waals surface area contributed by atoms with Gasteiger partial charge in [-0.3, -0.25) is 0 Å². The highest BCUT2D eigenvalue weighted by atomic mass is 16.5. The highest BCUT2D eigenvalue weighted by molar-refractivity contribution is 5.86. The minimum absolute atomic E-state index is 0.265. The van der Waals surface area contributed by atoms with Gasteiger partial charge in [-0.1, -0.05) is 45.6 Å². The van der Waals surface area contributed by atoms with E-state index < -0.39 is 0 Å². The van der Waals surface area contributed by atoms with Gasteiger partial charge in [0.25, 0.3) is 0 Å². The van der Waals surface area contributed by atoms with Crippen LogP contribution >= 0.6 is 0 Å². The van der Waals surface area contributed by atoms with Crippen LogP contribution in [0.5, 0.6) is 0 Å². The number of isocyanates is 1. The molecule has 0 saturated heterocycles. The molecule has 0 aliphatic heterocycles. The summed E-state index contributed by atoms with van der Waals surface area (Å²) in [6, 6.07) is 0. The van der Waals surface area contributed by atoms with E-state index in [4.69, 9.17) is 14.9 Å². The summed E-state index contributed by atoms with van der Waals surface area (Å²) in [5, 5.41) is 5.40. The zero-order valence-corrected chi connectivity index (χ0v) is 10.9. The SMILES string of the molecule is C=C(C)C(=O)OCCCCCCCC.N=C=O. The Labute approximate surface area is 104 Å². The van der Waals surface area contributed by atoms with E-state index in [1.54, 1.807) is 6.92 Å². The normalized spacial score (nSPS) is 8.59. The molecule has 0 bridgehead atoms. The van der Waals surface area contributed by atoms with Crippen molar-refractivity contribution >= 4 is 12.0 Å². The summed E-state index contributed by atoms with van der Waals surface area (Å²) in [5.41, 5.74) is 0.482. The van der Waals surface area contributed by atoms with E-state index in [0.717, 1.165) is 18.9 Å². The molecule has 0 unspecified atom stereocenters. The van der Waals surface area contributed by atoms with Gasteiger partial charge >= 0.3 is 5.97 Å². The maximum atomic E-state index is 11.0. The van der Waals surface area contributed by atoms with Crippen molar-refractivity contribution in [3.8, 4) is 0 Å². The summed E-state index contributed by atoms with van der Waals surface area (Å²) in [7, 11) is 0. The minimum atomic E-state index is -0.265. The van der Waals surface area contributed by atoms with Gasteiger partial charge in [0.05, 0.1) is 6.61 Å². The Hall–Kier alpha value is -1.41. The Kier molecular flexibility index (Phi) is 15.4. The van der Waals surface area contributed by atoms with E-state index in [-0.39, 0.29) is 5.97 Å². The lowest BCUT2D eigenvalue weighted by Gasteiger charge is -2.03. The number of ether oxygens (including phenoxy) is 1. The highest BCUT2D eigenvalue weighted by Gasteiger charge is 2.01. The number of nitrogens with one attached hydrogen (secondary N) is 1. The van der Waals surface area contributed by atoms with Gasteiger partial charge in [-0.05, 0) is 13.3 Å². The monoisotopic (exact) mass is 241 g/mol. The number of carbonyl (C=O) groups is 1. The van der Waals surface area contributed by atoms with Gasteiger partial charge in [0.1, 0.15) is 0 Å². The number of esters is 1. The van der Waals surface area contributed by atoms with Crippen LogP contribution in [0.15, 0.2) is 12.2 Å². The van der Waals surface area contributed by atoms with Crippen molar-refractivity contribution in [3.63, 3.8) is 0 Å². The van der Waals surface area contributed by atoms with Gasteiger partial charge in [0.2, 0.25) is 6.08 Å². The van der Waals surface area contributed by atoms with Crippen LogP contribution in [-0.2, 0) is 14.3 Å². The molecule has 0 aliphatic rings. The fourth-order valence-corrected chi connectivity index (χ4v) is 1.17. The molecular formula is C13H23NO3. The van der Waals surface area contributed by atoms with Crippen LogP contribution < -0.4 is 0 Å². The first-order valence-electron chi connectivity index (χ1n) is 5.96. The quantitative estimate of drug-likeness (QED) is 0.233. The Bertz CT molecular complexity index is 243. The molecule has 0 heterocycles. The van der Waals surface area contributed by atoms with Crippen molar-refractivity contribution in [3.05, 3.63) is 12.2 Å². The first-order chi connectivity index (χ1) is 8.09. The summed E-state index contributed by atoms with van der Waals surface area (Å²) in [6.45, 7) is 7.93. The summed E-state index contributed by atoms with van der Waals surface area (Å²) in [4.78, 5) is 19.3. The van der Waals surface area contributed by atoms with Crippen molar-refractivity contribution < 1.29 is 14.3 Å². The molecule has 17 heavy (non-hydrogen) atoms. The third-order valence-electron chi connectivity index (χ3n) is 2.08. The van der Waals surface area contributed by atoms with Crippen molar-refractivity contribution in [2.75, 3.05) is 6.61 Å². The van der Waals surface area contributed by atoms with Crippen LogP contribution in [-0.4, -0.2) is 18.7 Å². The van der Waals surface area contributed by atoms with Crippen LogP contribution in [0.25, 0.3) is 0 Å². The number of unbranched alkanes of at least 4 members (excludes halogenated alkanes) is 5. The maximum Gasteiger partial charge on any atom is 0.333 e. The number of rotatable bonds is 8. The van der Waals surface area contributed by atoms with Crippen LogP contribution in [0.4, 0.5) is 0 Å². The molecule has 0 radical (unpaired) electrons.